The fourth-order valence-corrected chi connectivity index (χ4v) is 1.85. The Bertz CT molecular complexity index is 384. The number of nitriles is 1. The third-order valence-corrected chi connectivity index (χ3v) is 2.30. The molecule has 0 aliphatic rings. The smallest absolute Gasteiger partial charge is 0.144 e. The number of rotatable bonds is 3. The van der Waals surface area contributed by atoms with Gasteiger partial charge < -0.3 is 4.90 Å². The van der Waals surface area contributed by atoms with E-state index in [0.29, 0.717) is 11.5 Å². The number of aromatic nitrogens is 2. The van der Waals surface area contributed by atoms with Gasteiger partial charge in [0.15, 0.2) is 0 Å². The van der Waals surface area contributed by atoms with Crippen molar-refractivity contribution in [2.24, 2.45) is 13.0 Å². The highest BCUT2D eigenvalue weighted by Crippen LogP contribution is 2.21. The van der Waals surface area contributed by atoms with Crippen LogP contribution in [0.1, 0.15) is 25.1 Å². The van der Waals surface area contributed by atoms with E-state index in [0.717, 1.165) is 18.1 Å². The molecule has 0 spiro atoms. The van der Waals surface area contributed by atoms with E-state index in [-0.39, 0.29) is 0 Å². The van der Waals surface area contributed by atoms with Crippen molar-refractivity contribution in [2.75, 3.05) is 18.5 Å². The summed E-state index contributed by atoms with van der Waals surface area (Å²) in [4.78, 5) is 2.09. The van der Waals surface area contributed by atoms with E-state index in [4.69, 9.17) is 5.26 Å². The van der Waals surface area contributed by atoms with Gasteiger partial charge in [-0.15, -0.1) is 0 Å². The molecule has 0 unspecified atom stereocenters. The highest BCUT2D eigenvalue weighted by molar-refractivity contribution is 5.56. The molecular weight excluding hydrogens is 188 g/mol. The summed E-state index contributed by atoms with van der Waals surface area (Å²) >= 11 is 0. The van der Waals surface area contributed by atoms with E-state index in [9.17, 15) is 0 Å². The Hall–Kier alpha value is -1.50. The Labute approximate surface area is 91.1 Å². The van der Waals surface area contributed by atoms with Gasteiger partial charge in [-0.25, -0.2) is 0 Å². The lowest BCUT2D eigenvalue weighted by atomic mass is 10.2. The zero-order valence-electron chi connectivity index (χ0n) is 10.1. The minimum atomic E-state index is 0.566. The van der Waals surface area contributed by atoms with Gasteiger partial charge in [-0.1, -0.05) is 13.8 Å². The third-order valence-electron chi connectivity index (χ3n) is 2.30. The van der Waals surface area contributed by atoms with Crippen molar-refractivity contribution in [2.45, 2.75) is 20.8 Å². The van der Waals surface area contributed by atoms with E-state index in [1.807, 2.05) is 21.0 Å². The number of nitrogens with zero attached hydrogens (tertiary/aromatic N) is 4. The lowest BCUT2D eigenvalue weighted by Crippen LogP contribution is -2.25. The molecule has 1 aromatic heterocycles. The van der Waals surface area contributed by atoms with Gasteiger partial charge in [0.25, 0.3) is 0 Å². The second kappa shape index (κ2) is 4.35. The molecule has 0 saturated carbocycles. The molecule has 1 heterocycles. The summed E-state index contributed by atoms with van der Waals surface area (Å²) in [7, 11) is 3.87. The van der Waals surface area contributed by atoms with Crippen LogP contribution in [0.3, 0.4) is 0 Å². The summed E-state index contributed by atoms with van der Waals surface area (Å²) in [6.07, 6.45) is 0. The van der Waals surface area contributed by atoms with Gasteiger partial charge in [-0.2, -0.15) is 10.4 Å². The van der Waals surface area contributed by atoms with Crippen molar-refractivity contribution in [1.29, 1.82) is 5.26 Å². The van der Waals surface area contributed by atoms with Crippen LogP contribution in [0, 0.1) is 24.2 Å². The molecule has 4 nitrogen and oxygen atoms in total. The third kappa shape index (κ3) is 2.30. The highest BCUT2D eigenvalue weighted by atomic mass is 15.4. The molecule has 0 amide bonds. The van der Waals surface area contributed by atoms with Gasteiger partial charge in [0, 0.05) is 20.6 Å². The molecule has 0 aliphatic carbocycles. The van der Waals surface area contributed by atoms with E-state index in [1.165, 1.54) is 0 Å². The molecule has 15 heavy (non-hydrogen) atoms. The zero-order valence-corrected chi connectivity index (χ0v) is 10.1. The van der Waals surface area contributed by atoms with Crippen LogP contribution in [0.5, 0.6) is 0 Å². The van der Waals surface area contributed by atoms with E-state index in [1.54, 1.807) is 4.68 Å². The monoisotopic (exact) mass is 206 g/mol. The predicted octanol–water partition coefficient (Wildman–Crippen LogP) is 1.69. The average Bonchev–Trinajstić information content (AvgIpc) is 2.38. The minimum Gasteiger partial charge on any atom is -0.359 e. The summed E-state index contributed by atoms with van der Waals surface area (Å²) in [5.74, 6) is 1.47. The van der Waals surface area contributed by atoms with Crippen LogP contribution in [0.25, 0.3) is 0 Å². The van der Waals surface area contributed by atoms with Gasteiger partial charge in [-0.05, 0) is 12.8 Å². The van der Waals surface area contributed by atoms with Crippen LogP contribution in [-0.2, 0) is 7.05 Å². The van der Waals surface area contributed by atoms with Gasteiger partial charge in [0.2, 0.25) is 0 Å². The van der Waals surface area contributed by atoms with Crippen LogP contribution in [0.4, 0.5) is 5.82 Å². The summed E-state index contributed by atoms with van der Waals surface area (Å²) in [6, 6.07) is 2.21. The maximum atomic E-state index is 9.07. The summed E-state index contributed by atoms with van der Waals surface area (Å²) in [5.41, 5.74) is 1.48. The zero-order chi connectivity index (χ0) is 11.6. The number of anilines is 1. The first-order chi connectivity index (χ1) is 6.97. The molecule has 0 saturated heterocycles. The Kier molecular flexibility index (Phi) is 3.35. The molecular formula is C11H18N4. The van der Waals surface area contributed by atoms with Crippen molar-refractivity contribution in [3.8, 4) is 6.07 Å². The fourth-order valence-electron chi connectivity index (χ4n) is 1.85. The first-order valence-electron chi connectivity index (χ1n) is 5.12. The number of hydrogen-bond donors (Lipinski definition) is 0. The molecule has 82 valence electrons. The van der Waals surface area contributed by atoms with E-state index < -0.39 is 0 Å². The molecule has 1 aromatic rings. The summed E-state index contributed by atoms with van der Waals surface area (Å²) in [5, 5.41) is 13.3. The summed E-state index contributed by atoms with van der Waals surface area (Å²) in [6.45, 7) is 7.11. The molecule has 0 aliphatic heterocycles. The number of hydrogen-bond acceptors (Lipinski definition) is 3. The normalized spacial score (nSPS) is 10.5. The minimum absolute atomic E-state index is 0.566. The van der Waals surface area contributed by atoms with Crippen LogP contribution < -0.4 is 4.90 Å². The Morgan fingerprint density at radius 2 is 2.13 bits per heavy atom. The van der Waals surface area contributed by atoms with Crippen LogP contribution in [-0.4, -0.2) is 23.4 Å². The molecule has 0 bridgehead atoms. The lowest BCUT2D eigenvalue weighted by molar-refractivity contribution is 0.619. The molecule has 4 heteroatoms. The standard InChI is InChI=1S/C11H18N4/c1-8(2)7-14(4)11-10(6-12)9(3)13-15(11)5/h8H,7H2,1-5H3. The molecule has 0 fully saturated rings. The maximum absolute atomic E-state index is 9.07. The first kappa shape index (κ1) is 11.6. The lowest BCUT2D eigenvalue weighted by Gasteiger charge is -2.21. The van der Waals surface area contributed by atoms with E-state index >= 15 is 0 Å². The van der Waals surface area contributed by atoms with Crippen LogP contribution in [0.15, 0.2) is 0 Å². The Morgan fingerprint density at radius 1 is 1.53 bits per heavy atom. The Balaban J connectivity index is 3.08. The highest BCUT2D eigenvalue weighted by Gasteiger charge is 2.16. The quantitative estimate of drug-likeness (QED) is 0.756. The van der Waals surface area contributed by atoms with Crippen molar-refractivity contribution < 1.29 is 0 Å². The molecule has 0 radical (unpaired) electrons. The summed E-state index contributed by atoms with van der Waals surface area (Å²) < 4.78 is 1.77. The Morgan fingerprint density at radius 3 is 2.60 bits per heavy atom. The SMILES string of the molecule is Cc1nn(C)c(N(C)CC(C)C)c1C#N. The second-order valence-corrected chi connectivity index (χ2v) is 4.29. The molecule has 0 atom stereocenters. The van der Waals surface area contributed by atoms with Gasteiger partial charge >= 0.3 is 0 Å². The number of aryl methyl sites for hydroxylation is 2. The van der Waals surface area contributed by atoms with Gasteiger partial charge in [0.05, 0.1) is 5.69 Å². The fraction of sp³-hybridized carbons (Fsp3) is 0.636. The van der Waals surface area contributed by atoms with Crippen molar-refractivity contribution in [3.63, 3.8) is 0 Å². The van der Waals surface area contributed by atoms with E-state index in [2.05, 4.69) is 29.9 Å². The largest absolute Gasteiger partial charge is 0.359 e. The molecule has 1 rings (SSSR count). The van der Waals surface area contributed by atoms with Crippen molar-refractivity contribution in [3.05, 3.63) is 11.3 Å². The predicted molar refractivity (Wildman–Crippen MR) is 60.8 cm³/mol. The average molecular weight is 206 g/mol. The van der Waals surface area contributed by atoms with Crippen LogP contribution >= 0.6 is 0 Å². The second-order valence-electron chi connectivity index (χ2n) is 4.29. The van der Waals surface area contributed by atoms with Crippen LogP contribution in [0.2, 0.25) is 0 Å². The molecule has 0 aromatic carbocycles. The van der Waals surface area contributed by atoms with Crippen molar-refractivity contribution >= 4 is 5.82 Å². The maximum Gasteiger partial charge on any atom is 0.144 e. The van der Waals surface area contributed by atoms with Gasteiger partial charge in [-0.3, -0.25) is 4.68 Å². The van der Waals surface area contributed by atoms with Crippen molar-refractivity contribution in [1.82, 2.24) is 9.78 Å². The van der Waals surface area contributed by atoms with Gasteiger partial charge in [0.1, 0.15) is 17.5 Å². The topological polar surface area (TPSA) is 44.9 Å². The molecule has 0 N–H and O–H groups in total. The first-order valence-corrected chi connectivity index (χ1v) is 5.12.